The summed E-state index contributed by atoms with van der Waals surface area (Å²) in [5.41, 5.74) is 0.850. The molecule has 3 rings (SSSR count). The summed E-state index contributed by atoms with van der Waals surface area (Å²) in [5, 5.41) is 13.5. The Kier molecular flexibility index (Phi) is 5.81. The SMILES string of the molecule is CCOc1ccc(NC(=O)C2(C(O)/C=C/c3cccc(OC)c3)CC2)cc1. The molecule has 0 spiro atoms. The molecule has 1 unspecified atom stereocenters. The molecule has 1 amide bonds. The molecule has 1 aliphatic rings. The molecule has 0 heterocycles. The lowest BCUT2D eigenvalue weighted by Gasteiger charge is -2.19. The van der Waals surface area contributed by atoms with Gasteiger partial charge >= 0.3 is 0 Å². The van der Waals surface area contributed by atoms with Gasteiger partial charge in [0.25, 0.3) is 0 Å². The van der Waals surface area contributed by atoms with Gasteiger partial charge < -0.3 is 19.9 Å². The third kappa shape index (κ3) is 4.49. The van der Waals surface area contributed by atoms with Crippen LogP contribution in [0.25, 0.3) is 6.08 Å². The van der Waals surface area contributed by atoms with E-state index >= 15 is 0 Å². The van der Waals surface area contributed by atoms with Crippen LogP contribution in [0.5, 0.6) is 11.5 Å². The van der Waals surface area contributed by atoms with Gasteiger partial charge in [-0.1, -0.05) is 24.3 Å². The Hall–Kier alpha value is -2.79. The van der Waals surface area contributed by atoms with E-state index in [1.54, 1.807) is 25.3 Å². The quantitative estimate of drug-likeness (QED) is 0.743. The number of hydrogen-bond acceptors (Lipinski definition) is 4. The zero-order valence-corrected chi connectivity index (χ0v) is 15.6. The number of carbonyl (C=O) groups is 1. The second-order valence-corrected chi connectivity index (χ2v) is 6.65. The lowest BCUT2D eigenvalue weighted by Crippen LogP contribution is -2.33. The first-order chi connectivity index (χ1) is 13.1. The fraction of sp³-hybridized carbons (Fsp3) is 0.318. The summed E-state index contributed by atoms with van der Waals surface area (Å²) >= 11 is 0. The molecule has 0 radical (unpaired) electrons. The van der Waals surface area contributed by atoms with E-state index in [1.165, 1.54) is 0 Å². The Morgan fingerprint density at radius 1 is 1.22 bits per heavy atom. The molecule has 2 N–H and O–H groups in total. The van der Waals surface area contributed by atoms with Crippen LogP contribution >= 0.6 is 0 Å². The monoisotopic (exact) mass is 367 g/mol. The zero-order valence-electron chi connectivity index (χ0n) is 15.6. The molecule has 0 bridgehead atoms. The highest BCUT2D eigenvalue weighted by Gasteiger charge is 2.54. The number of aliphatic hydroxyl groups is 1. The summed E-state index contributed by atoms with van der Waals surface area (Å²) in [6, 6.07) is 14.8. The highest BCUT2D eigenvalue weighted by Crippen LogP contribution is 2.50. The highest BCUT2D eigenvalue weighted by atomic mass is 16.5. The zero-order chi connectivity index (χ0) is 19.3. The second kappa shape index (κ2) is 8.27. The van der Waals surface area contributed by atoms with Crippen molar-refractivity contribution in [3.63, 3.8) is 0 Å². The minimum Gasteiger partial charge on any atom is -0.497 e. The fourth-order valence-electron chi connectivity index (χ4n) is 2.98. The van der Waals surface area contributed by atoms with Crippen LogP contribution in [-0.2, 0) is 4.79 Å². The maximum Gasteiger partial charge on any atom is 0.233 e. The van der Waals surface area contributed by atoms with Crippen molar-refractivity contribution < 1.29 is 19.4 Å². The molecule has 27 heavy (non-hydrogen) atoms. The van der Waals surface area contributed by atoms with E-state index in [0.29, 0.717) is 25.1 Å². The normalized spacial score (nSPS) is 16.0. The van der Waals surface area contributed by atoms with Crippen molar-refractivity contribution in [1.82, 2.24) is 0 Å². The average molecular weight is 367 g/mol. The van der Waals surface area contributed by atoms with Gasteiger partial charge in [0.2, 0.25) is 5.91 Å². The van der Waals surface area contributed by atoms with Gasteiger partial charge in [-0.05, 0) is 61.7 Å². The van der Waals surface area contributed by atoms with E-state index in [9.17, 15) is 9.90 Å². The Morgan fingerprint density at radius 2 is 1.96 bits per heavy atom. The van der Waals surface area contributed by atoms with Gasteiger partial charge in [-0.3, -0.25) is 4.79 Å². The van der Waals surface area contributed by atoms with Crippen molar-refractivity contribution >= 4 is 17.7 Å². The first-order valence-electron chi connectivity index (χ1n) is 9.12. The number of ether oxygens (including phenoxy) is 2. The molecule has 1 atom stereocenters. The molecule has 142 valence electrons. The number of rotatable bonds is 8. The van der Waals surface area contributed by atoms with Crippen molar-refractivity contribution in [3.05, 3.63) is 60.2 Å². The summed E-state index contributed by atoms with van der Waals surface area (Å²) in [6.07, 6.45) is 3.99. The number of amides is 1. The molecule has 5 nitrogen and oxygen atoms in total. The van der Waals surface area contributed by atoms with Gasteiger partial charge in [0.15, 0.2) is 0 Å². The third-order valence-corrected chi connectivity index (χ3v) is 4.79. The van der Waals surface area contributed by atoms with Crippen molar-refractivity contribution in [1.29, 1.82) is 0 Å². The molecule has 2 aromatic carbocycles. The predicted molar refractivity (Wildman–Crippen MR) is 106 cm³/mol. The molecule has 1 aliphatic carbocycles. The lowest BCUT2D eigenvalue weighted by atomic mass is 9.96. The van der Waals surface area contributed by atoms with E-state index in [-0.39, 0.29) is 5.91 Å². The van der Waals surface area contributed by atoms with Crippen LogP contribution in [0.4, 0.5) is 5.69 Å². The number of carbonyl (C=O) groups excluding carboxylic acids is 1. The number of hydrogen-bond donors (Lipinski definition) is 2. The molecule has 0 aliphatic heterocycles. The summed E-state index contributed by atoms with van der Waals surface area (Å²) < 4.78 is 10.6. The van der Waals surface area contributed by atoms with E-state index < -0.39 is 11.5 Å². The maximum atomic E-state index is 12.7. The molecule has 0 aromatic heterocycles. The number of benzene rings is 2. The van der Waals surface area contributed by atoms with Crippen molar-refractivity contribution in [2.24, 2.45) is 5.41 Å². The Morgan fingerprint density at radius 3 is 2.59 bits per heavy atom. The summed E-state index contributed by atoms with van der Waals surface area (Å²) in [6.45, 7) is 2.52. The molecule has 0 saturated heterocycles. The second-order valence-electron chi connectivity index (χ2n) is 6.65. The predicted octanol–water partition coefficient (Wildman–Crippen LogP) is 3.89. The molecule has 1 fully saturated rings. The van der Waals surface area contributed by atoms with Crippen molar-refractivity contribution in [2.45, 2.75) is 25.9 Å². The van der Waals surface area contributed by atoms with Gasteiger partial charge in [-0.25, -0.2) is 0 Å². The smallest absolute Gasteiger partial charge is 0.233 e. The van der Waals surface area contributed by atoms with Gasteiger partial charge in [0.05, 0.1) is 25.2 Å². The molecular weight excluding hydrogens is 342 g/mol. The van der Waals surface area contributed by atoms with Crippen molar-refractivity contribution in [2.75, 3.05) is 19.0 Å². The standard InChI is InChI=1S/C22H25NO4/c1-3-27-18-10-8-17(9-11-18)23-21(25)22(13-14-22)20(24)12-7-16-5-4-6-19(15-16)26-2/h4-12,15,20,24H,3,13-14H2,1-2H3,(H,23,25)/b12-7+. The van der Waals surface area contributed by atoms with Crippen LogP contribution in [0.3, 0.4) is 0 Å². The first kappa shape index (κ1) is 19.0. The molecule has 2 aromatic rings. The molecule has 5 heteroatoms. The van der Waals surface area contributed by atoms with Crippen LogP contribution < -0.4 is 14.8 Å². The minimum absolute atomic E-state index is 0.158. The Bertz CT molecular complexity index is 809. The summed E-state index contributed by atoms with van der Waals surface area (Å²) in [4.78, 5) is 12.7. The number of nitrogens with one attached hydrogen (secondary N) is 1. The summed E-state index contributed by atoms with van der Waals surface area (Å²) in [7, 11) is 1.61. The minimum atomic E-state index is -0.841. The van der Waals surface area contributed by atoms with Gasteiger partial charge in [-0.15, -0.1) is 0 Å². The Balaban J connectivity index is 1.64. The van der Waals surface area contributed by atoms with Crippen LogP contribution in [0.2, 0.25) is 0 Å². The van der Waals surface area contributed by atoms with Crippen molar-refractivity contribution in [3.8, 4) is 11.5 Å². The fourth-order valence-corrected chi connectivity index (χ4v) is 2.98. The topological polar surface area (TPSA) is 67.8 Å². The van der Waals surface area contributed by atoms with E-state index in [4.69, 9.17) is 9.47 Å². The van der Waals surface area contributed by atoms with Gasteiger partial charge in [0, 0.05) is 5.69 Å². The number of methoxy groups -OCH3 is 1. The Labute approximate surface area is 159 Å². The molecule has 1 saturated carbocycles. The van der Waals surface area contributed by atoms with Gasteiger partial charge in [-0.2, -0.15) is 0 Å². The van der Waals surface area contributed by atoms with Crippen LogP contribution in [0, 0.1) is 5.41 Å². The highest BCUT2D eigenvalue weighted by molar-refractivity contribution is 5.98. The summed E-state index contributed by atoms with van der Waals surface area (Å²) in [5.74, 6) is 1.35. The van der Waals surface area contributed by atoms with Crippen LogP contribution in [0.15, 0.2) is 54.6 Å². The largest absolute Gasteiger partial charge is 0.497 e. The van der Waals surface area contributed by atoms with Gasteiger partial charge in [0.1, 0.15) is 11.5 Å². The third-order valence-electron chi connectivity index (χ3n) is 4.79. The number of anilines is 1. The van der Waals surface area contributed by atoms with E-state index in [1.807, 2.05) is 49.4 Å². The first-order valence-corrected chi connectivity index (χ1v) is 9.12. The van der Waals surface area contributed by atoms with E-state index in [2.05, 4.69) is 5.32 Å². The maximum absolute atomic E-state index is 12.7. The average Bonchev–Trinajstić information content (AvgIpc) is 3.50. The van der Waals surface area contributed by atoms with E-state index in [0.717, 1.165) is 17.1 Å². The number of aliphatic hydroxyl groups excluding tert-OH is 1. The molecular formula is C22H25NO4. The van der Waals surface area contributed by atoms with Crippen LogP contribution in [-0.4, -0.2) is 30.8 Å². The van der Waals surface area contributed by atoms with Crippen LogP contribution in [0.1, 0.15) is 25.3 Å². The lowest BCUT2D eigenvalue weighted by molar-refractivity contribution is -0.124.